The molecule has 4 amide bonds. The molecule has 2 atom stereocenters. The Kier molecular flexibility index (Phi) is 7.37. The van der Waals surface area contributed by atoms with Crippen LogP contribution in [-0.2, 0) is 24.5 Å². The molecule has 0 aromatic heterocycles. The maximum atomic E-state index is 13.4. The van der Waals surface area contributed by atoms with Gasteiger partial charge in [0.25, 0.3) is 0 Å². The summed E-state index contributed by atoms with van der Waals surface area (Å²) in [5.41, 5.74) is 1.88. The molecule has 2 aromatic carbocycles. The summed E-state index contributed by atoms with van der Waals surface area (Å²) >= 11 is 0. The summed E-state index contributed by atoms with van der Waals surface area (Å²) in [5, 5.41) is 4.57. The van der Waals surface area contributed by atoms with Crippen molar-refractivity contribution in [2.75, 3.05) is 40.6 Å². The Hall–Kier alpha value is -4.42. The van der Waals surface area contributed by atoms with Crippen LogP contribution in [0.1, 0.15) is 31.2 Å². The van der Waals surface area contributed by atoms with Gasteiger partial charge in [-0.3, -0.25) is 0 Å². The second-order valence-corrected chi connectivity index (χ2v) is 8.74. The zero-order valence-corrected chi connectivity index (χ0v) is 21.8. The average molecular weight is 531 g/mol. The SMILES string of the molecule is COC(=O)NN(C(=O)OC)[C@@]12CCCC[C@H]1N(C(=O)OC)N(C(=O)OC)c1c2ccc2cc(OC)ccc12. The van der Waals surface area contributed by atoms with Crippen LogP contribution in [0.15, 0.2) is 30.3 Å². The van der Waals surface area contributed by atoms with Crippen LogP contribution in [0.25, 0.3) is 10.8 Å². The van der Waals surface area contributed by atoms with Crippen LogP contribution in [-0.4, -0.2) is 76.0 Å². The number of ether oxygens (including phenoxy) is 5. The number of amides is 4. The highest BCUT2D eigenvalue weighted by Crippen LogP contribution is 2.54. The van der Waals surface area contributed by atoms with Gasteiger partial charge < -0.3 is 23.7 Å². The van der Waals surface area contributed by atoms with Crippen LogP contribution in [0.4, 0.5) is 24.9 Å². The molecule has 1 saturated carbocycles. The highest BCUT2D eigenvalue weighted by molar-refractivity contribution is 6.05. The van der Waals surface area contributed by atoms with Crippen molar-refractivity contribution in [1.82, 2.24) is 15.4 Å². The van der Waals surface area contributed by atoms with Gasteiger partial charge in [0.2, 0.25) is 0 Å². The molecule has 1 heterocycles. The largest absolute Gasteiger partial charge is 0.497 e. The number of carbonyl (C=O) groups is 4. The molecule has 0 spiro atoms. The molecule has 1 fully saturated rings. The number of anilines is 1. The second kappa shape index (κ2) is 10.5. The summed E-state index contributed by atoms with van der Waals surface area (Å²) in [7, 11) is 6.27. The maximum Gasteiger partial charge on any atom is 0.433 e. The normalized spacial score (nSPS) is 20.0. The number of benzene rings is 2. The molecule has 204 valence electrons. The number of hydrogen-bond acceptors (Lipinski definition) is 9. The molecule has 0 unspecified atom stereocenters. The number of methoxy groups -OCH3 is 5. The second-order valence-electron chi connectivity index (χ2n) is 8.74. The topological polar surface area (TPSA) is 136 Å². The molecule has 38 heavy (non-hydrogen) atoms. The zero-order valence-electron chi connectivity index (χ0n) is 21.8. The summed E-state index contributed by atoms with van der Waals surface area (Å²) < 4.78 is 25.4. The smallest absolute Gasteiger partial charge is 0.433 e. The Balaban J connectivity index is 2.14. The molecule has 2 aromatic rings. The van der Waals surface area contributed by atoms with Gasteiger partial charge in [0.15, 0.2) is 0 Å². The van der Waals surface area contributed by atoms with Crippen molar-refractivity contribution in [1.29, 1.82) is 0 Å². The fraction of sp³-hybridized carbons (Fsp3) is 0.440. The molecule has 1 aliphatic carbocycles. The average Bonchev–Trinajstić information content (AvgIpc) is 2.96. The molecule has 13 nitrogen and oxygen atoms in total. The summed E-state index contributed by atoms with van der Waals surface area (Å²) in [6.07, 6.45) is -1.52. The van der Waals surface area contributed by atoms with Gasteiger partial charge in [-0.15, -0.1) is 0 Å². The van der Waals surface area contributed by atoms with Crippen molar-refractivity contribution in [2.45, 2.75) is 37.3 Å². The van der Waals surface area contributed by atoms with Gasteiger partial charge >= 0.3 is 24.4 Å². The minimum atomic E-state index is -1.37. The van der Waals surface area contributed by atoms with Crippen LogP contribution in [0.2, 0.25) is 0 Å². The van der Waals surface area contributed by atoms with E-state index in [1.54, 1.807) is 24.3 Å². The number of nitrogens with zero attached hydrogens (tertiary/aromatic N) is 3. The Bertz CT molecular complexity index is 1270. The predicted octanol–water partition coefficient (Wildman–Crippen LogP) is 3.90. The van der Waals surface area contributed by atoms with Gasteiger partial charge in [-0.2, -0.15) is 5.01 Å². The van der Waals surface area contributed by atoms with Crippen molar-refractivity contribution < 1.29 is 42.9 Å². The molecule has 0 saturated heterocycles. The van der Waals surface area contributed by atoms with Gasteiger partial charge in [-0.05, 0) is 36.4 Å². The van der Waals surface area contributed by atoms with E-state index >= 15 is 0 Å². The molecule has 0 bridgehead atoms. The van der Waals surface area contributed by atoms with Gasteiger partial charge in [0, 0.05) is 10.9 Å². The van der Waals surface area contributed by atoms with Crippen molar-refractivity contribution in [2.24, 2.45) is 0 Å². The van der Waals surface area contributed by atoms with E-state index in [0.717, 1.165) is 22.1 Å². The highest BCUT2D eigenvalue weighted by atomic mass is 16.6. The molecule has 0 radical (unpaired) electrons. The maximum absolute atomic E-state index is 13.4. The first-order chi connectivity index (χ1) is 18.3. The summed E-state index contributed by atoms with van der Waals surface area (Å²) in [6.45, 7) is 0. The number of hydrazine groups is 2. The zero-order chi connectivity index (χ0) is 27.6. The van der Waals surface area contributed by atoms with E-state index in [4.69, 9.17) is 23.7 Å². The minimum Gasteiger partial charge on any atom is -0.497 e. The molecule has 1 aliphatic heterocycles. The third kappa shape index (κ3) is 4.03. The van der Waals surface area contributed by atoms with Crippen molar-refractivity contribution in [3.8, 4) is 5.75 Å². The molecule has 13 heteroatoms. The predicted molar refractivity (Wildman–Crippen MR) is 133 cm³/mol. The van der Waals surface area contributed by atoms with Crippen molar-refractivity contribution in [3.63, 3.8) is 0 Å². The van der Waals surface area contributed by atoms with Gasteiger partial charge in [0.05, 0.1) is 47.3 Å². The van der Waals surface area contributed by atoms with Crippen LogP contribution in [0.3, 0.4) is 0 Å². The van der Waals surface area contributed by atoms with Gasteiger partial charge in [-0.25, -0.2) is 34.6 Å². The van der Waals surface area contributed by atoms with Crippen LogP contribution in [0.5, 0.6) is 5.75 Å². The fourth-order valence-electron chi connectivity index (χ4n) is 5.51. The van der Waals surface area contributed by atoms with Gasteiger partial charge in [-0.1, -0.05) is 25.0 Å². The van der Waals surface area contributed by atoms with Crippen LogP contribution in [0, 0.1) is 0 Å². The number of rotatable bonds is 2. The van der Waals surface area contributed by atoms with Crippen molar-refractivity contribution >= 4 is 40.8 Å². The fourth-order valence-corrected chi connectivity index (χ4v) is 5.51. The molecule has 4 rings (SSSR count). The van der Waals surface area contributed by atoms with E-state index in [0.29, 0.717) is 47.8 Å². The first kappa shape index (κ1) is 26.6. The third-order valence-electron chi connectivity index (χ3n) is 7.08. The van der Waals surface area contributed by atoms with E-state index in [1.165, 1.54) is 28.4 Å². The lowest BCUT2D eigenvalue weighted by Crippen LogP contribution is -2.73. The summed E-state index contributed by atoms with van der Waals surface area (Å²) in [6, 6.07) is 7.95. The van der Waals surface area contributed by atoms with E-state index in [1.807, 2.05) is 6.07 Å². The number of fused-ring (bicyclic) bond motifs is 5. The van der Waals surface area contributed by atoms with E-state index < -0.39 is 36.0 Å². The Labute approximate surface area is 219 Å². The molecule has 2 aliphatic rings. The monoisotopic (exact) mass is 530 g/mol. The van der Waals surface area contributed by atoms with Crippen molar-refractivity contribution in [3.05, 3.63) is 35.9 Å². The van der Waals surface area contributed by atoms with Gasteiger partial charge in [0.1, 0.15) is 11.3 Å². The number of carbonyl (C=O) groups excluding carboxylic acids is 4. The Morgan fingerprint density at radius 2 is 1.66 bits per heavy atom. The van der Waals surface area contributed by atoms with E-state index in [2.05, 4.69) is 5.43 Å². The molecular weight excluding hydrogens is 500 g/mol. The lowest BCUT2D eigenvalue weighted by atomic mass is 9.69. The standard InChI is InChI=1S/C25H30N4O9/c1-34-16-10-11-17-15(14-16)9-12-18-20(17)28(23(32)37-4)27(22(31)36-3)19-8-6-7-13-25(18,19)29(24(33)38-5)26-21(30)35-2/h9-12,14,19H,6-8,13H2,1-5H3,(H,26,30)/t19-,25-/m1/s1. The van der Waals surface area contributed by atoms with Crippen LogP contribution >= 0.6 is 0 Å². The number of hydrogen-bond donors (Lipinski definition) is 1. The third-order valence-corrected chi connectivity index (χ3v) is 7.08. The number of nitrogens with one attached hydrogen (secondary N) is 1. The Morgan fingerprint density at radius 1 is 0.921 bits per heavy atom. The summed E-state index contributed by atoms with van der Waals surface area (Å²) in [4.78, 5) is 52.4. The highest BCUT2D eigenvalue weighted by Gasteiger charge is 2.61. The minimum absolute atomic E-state index is 0.279. The first-order valence-electron chi connectivity index (χ1n) is 11.9. The first-order valence-corrected chi connectivity index (χ1v) is 11.9. The van der Waals surface area contributed by atoms with Crippen LogP contribution < -0.4 is 15.2 Å². The lowest BCUT2D eigenvalue weighted by molar-refractivity contribution is -0.0573. The Morgan fingerprint density at radius 3 is 2.29 bits per heavy atom. The quantitative estimate of drug-likeness (QED) is 0.453. The molecule has 1 N–H and O–H groups in total. The van der Waals surface area contributed by atoms with E-state index in [9.17, 15) is 19.2 Å². The lowest BCUT2D eigenvalue weighted by Gasteiger charge is -2.58. The summed E-state index contributed by atoms with van der Waals surface area (Å²) in [5.74, 6) is 0.580. The van der Waals surface area contributed by atoms with E-state index in [-0.39, 0.29) is 5.69 Å². The molecular formula is C25H30N4O9.